The number of rotatable bonds is 5. The van der Waals surface area contributed by atoms with Crippen molar-refractivity contribution in [1.29, 1.82) is 0 Å². The molecule has 6 heteroatoms. The molecule has 0 aliphatic rings. The van der Waals surface area contributed by atoms with E-state index in [1.165, 1.54) is 11.3 Å². The second kappa shape index (κ2) is 5.77. The lowest BCUT2D eigenvalue weighted by atomic mass is 10.2. The van der Waals surface area contributed by atoms with E-state index in [4.69, 9.17) is 17.0 Å². The van der Waals surface area contributed by atoms with Crippen molar-refractivity contribution in [2.24, 2.45) is 5.92 Å². The fourth-order valence-corrected chi connectivity index (χ4v) is 2.77. The van der Waals surface area contributed by atoms with Crippen LogP contribution in [-0.4, -0.2) is 22.8 Å². The lowest BCUT2D eigenvalue weighted by Crippen LogP contribution is -2.24. The third-order valence-electron chi connectivity index (χ3n) is 2.52. The van der Waals surface area contributed by atoms with Gasteiger partial charge in [0.05, 0.1) is 18.5 Å². The van der Waals surface area contributed by atoms with Gasteiger partial charge in [-0.1, -0.05) is 13.8 Å². The molecule has 0 fully saturated rings. The number of thiophene rings is 1. The van der Waals surface area contributed by atoms with E-state index in [9.17, 15) is 4.79 Å². The number of hydrogen-bond acceptors (Lipinski definition) is 4. The van der Waals surface area contributed by atoms with Crippen LogP contribution >= 0.6 is 23.6 Å². The molecule has 0 spiro atoms. The molecule has 2 rings (SSSR count). The predicted octanol–water partition coefficient (Wildman–Crippen LogP) is 2.79. The highest BCUT2D eigenvalue weighted by Gasteiger charge is 2.06. The second-order valence-electron chi connectivity index (χ2n) is 4.52. The summed E-state index contributed by atoms with van der Waals surface area (Å²) in [5.41, 5.74) is -0.0388. The molecular formula is C12H16N2O2S2. The first-order valence-electron chi connectivity index (χ1n) is 5.87. The van der Waals surface area contributed by atoms with E-state index in [0.717, 1.165) is 4.83 Å². The highest BCUT2D eigenvalue weighted by atomic mass is 32.1. The van der Waals surface area contributed by atoms with E-state index in [0.29, 0.717) is 35.8 Å². The van der Waals surface area contributed by atoms with Crippen LogP contribution in [0.5, 0.6) is 0 Å². The number of aromatic amines is 1. The van der Waals surface area contributed by atoms with Gasteiger partial charge in [-0.15, -0.1) is 11.3 Å². The average molecular weight is 284 g/mol. The molecule has 0 unspecified atom stereocenters. The molecule has 2 aromatic heterocycles. The van der Waals surface area contributed by atoms with Crippen molar-refractivity contribution < 1.29 is 4.74 Å². The summed E-state index contributed by atoms with van der Waals surface area (Å²) >= 11 is 6.68. The first kappa shape index (κ1) is 13.5. The fourth-order valence-electron chi connectivity index (χ4n) is 1.65. The topological polar surface area (TPSA) is 47.0 Å². The minimum atomic E-state index is -0.0388. The van der Waals surface area contributed by atoms with Crippen LogP contribution in [0.2, 0.25) is 0 Å². The van der Waals surface area contributed by atoms with E-state index < -0.39 is 0 Å². The molecule has 0 radical (unpaired) electrons. The molecule has 98 valence electrons. The molecule has 0 aliphatic carbocycles. The summed E-state index contributed by atoms with van der Waals surface area (Å²) in [6, 6.07) is 1.82. The summed E-state index contributed by atoms with van der Waals surface area (Å²) < 4.78 is 7.51. The van der Waals surface area contributed by atoms with E-state index in [-0.39, 0.29) is 5.56 Å². The van der Waals surface area contributed by atoms with Crippen LogP contribution in [0.1, 0.15) is 13.8 Å². The number of nitrogens with one attached hydrogen (secondary N) is 1. The monoisotopic (exact) mass is 284 g/mol. The first-order chi connectivity index (χ1) is 8.59. The van der Waals surface area contributed by atoms with Crippen molar-refractivity contribution in [3.05, 3.63) is 26.6 Å². The van der Waals surface area contributed by atoms with Crippen LogP contribution in [0.4, 0.5) is 0 Å². The number of aromatic nitrogens is 2. The molecule has 0 bridgehead atoms. The van der Waals surface area contributed by atoms with Gasteiger partial charge in [-0.05, 0) is 29.6 Å². The minimum Gasteiger partial charge on any atom is -0.379 e. The third kappa shape index (κ3) is 2.88. The number of ether oxygens (including phenoxy) is 1. The Kier molecular flexibility index (Phi) is 4.31. The van der Waals surface area contributed by atoms with Crippen molar-refractivity contribution in [2.45, 2.75) is 20.4 Å². The van der Waals surface area contributed by atoms with Crippen LogP contribution in [0, 0.1) is 10.7 Å². The summed E-state index contributed by atoms with van der Waals surface area (Å²) in [4.78, 5) is 16.1. The highest BCUT2D eigenvalue weighted by Crippen LogP contribution is 2.13. The molecule has 1 N–H and O–H groups in total. The van der Waals surface area contributed by atoms with Gasteiger partial charge in [0.25, 0.3) is 5.56 Å². The van der Waals surface area contributed by atoms with Gasteiger partial charge in [-0.25, -0.2) is 0 Å². The zero-order chi connectivity index (χ0) is 13.1. The molecule has 0 aromatic carbocycles. The molecule has 0 saturated carbocycles. The van der Waals surface area contributed by atoms with Gasteiger partial charge in [-0.2, -0.15) is 0 Å². The molecule has 2 aromatic rings. The highest BCUT2D eigenvalue weighted by molar-refractivity contribution is 7.71. The van der Waals surface area contributed by atoms with Crippen LogP contribution in [0.25, 0.3) is 10.2 Å². The Balaban J connectivity index is 2.17. The third-order valence-corrected chi connectivity index (χ3v) is 3.67. The van der Waals surface area contributed by atoms with Crippen LogP contribution < -0.4 is 5.56 Å². The predicted molar refractivity (Wildman–Crippen MR) is 76.9 cm³/mol. The van der Waals surface area contributed by atoms with Crippen molar-refractivity contribution in [2.75, 3.05) is 13.2 Å². The molecule has 0 aliphatic heterocycles. The van der Waals surface area contributed by atoms with Crippen molar-refractivity contribution in [1.82, 2.24) is 9.55 Å². The minimum absolute atomic E-state index is 0.0388. The Morgan fingerprint density at radius 2 is 2.33 bits per heavy atom. The van der Waals surface area contributed by atoms with Gasteiger partial charge >= 0.3 is 0 Å². The number of hydrogen-bond donors (Lipinski definition) is 1. The van der Waals surface area contributed by atoms with Crippen LogP contribution in [0.15, 0.2) is 16.2 Å². The Bertz CT molecular complexity index is 639. The largest absolute Gasteiger partial charge is 0.379 e. The van der Waals surface area contributed by atoms with Gasteiger partial charge in [0, 0.05) is 6.61 Å². The summed E-state index contributed by atoms with van der Waals surface area (Å²) in [6.07, 6.45) is 0. The Morgan fingerprint density at radius 1 is 1.56 bits per heavy atom. The van der Waals surface area contributed by atoms with Gasteiger partial charge in [0.1, 0.15) is 4.83 Å². The maximum absolute atomic E-state index is 12.2. The Morgan fingerprint density at radius 3 is 3.06 bits per heavy atom. The SMILES string of the molecule is CC(C)COCCn1c(=S)[nH]c2sccc2c1=O. The normalized spacial score (nSPS) is 11.5. The Hall–Kier alpha value is -0.980. The quantitative estimate of drug-likeness (QED) is 0.678. The molecule has 0 atom stereocenters. The summed E-state index contributed by atoms with van der Waals surface area (Å²) in [5.74, 6) is 0.496. The van der Waals surface area contributed by atoms with Crippen molar-refractivity contribution in [3.63, 3.8) is 0 Å². The van der Waals surface area contributed by atoms with E-state index in [2.05, 4.69) is 18.8 Å². The fraction of sp³-hybridized carbons (Fsp3) is 0.500. The average Bonchev–Trinajstić information content (AvgIpc) is 2.75. The smallest absolute Gasteiger partial charge is 0.263 e. The van der Waals surface area contributed by atoms with E-state index in [1.807, 2.05) is 11.4 Å². The van der Waals surface area contributed by atoms with Crippen molar-refractivity contribution in [3.8, 4) is 0 Å². The molecule has 0 saturated heterocycles. The molecule has 4 nitrogen and oxygen atoms in total. The molecule has 2 heterocycles. The number of fused-ring (bicyclic) bond motifs is 1. The van der Waals surface area contributed by atoms with Gasteiger partial charge in [0.15, 0.2) is 4.77 Å². The number of H-pyrrole nitrogens is 1. The van der Waals surface area contributed by atoms with Gasteiger partial charge in [0.2, 0.25) is 0 Å². The summed E-state index contributed by atoms with van der Waals surface area (Å²) in [5, 5.41) is 2.58. The summed E-state index contributed by atoms with van der Waals surface area (Å²) in [7, 11) is 0. The standard InChI is InChI=1S/C12H16N2O2S2/c1-8(2)7-16-5-4-14-11(15)9-3-6-18-10(9)13-12(14)17/h3,6,8H,4-5,7H2,1-2H3,(H,13,17). The van der Waals surface area contributed by atoms with Crippen LogP contribution in [-0.2, 0) is 11.3 Å². The van der Waals surface area contributed by atoms with Gasteiger partial charge in [-0.3, -0.25) is 9.36 Å². The van der Waals surface area contributed by atoms with E-state index in [1.54, 1.807) is 4.57 Å². The lowest BCUT2D eigenvalue weighted by Gasteiger charge is -2.08. The van der Waals surface area contributed by atoms with Crippen LogP contribution in [0.3, 0.4) is 0 Å². The van der Waals surface area contributed by atoms with Gasteiger partial charge < -0.3 is 9.72 Å². The Labute approximate surface area is 114 Å². The maximum Gasteiger partial charge on any atom is 0.263 e. The summed E-state index contributed by atoms with van der Waals surface area (Å²) in [6.45, 7) is 5.88. The molecule has 0 amide bonds. The zero-order valence-electron chi connectivity index (χ0n) is 10.4. The lowest BCUT2D eigenvalue weighted by molar-refractivity contribution is 0.102. The molecule has 18 heavy (non-hydrogen) atoms. The number of nitrogens with zero attached hydrogens (tertiary/aromatic N) is 1. The first-order valence-corrected chi connectivity index (χ1v) is 7.16. The molecular weight excluding hydrogens is 268 g/mol. The zero-order valence-corrected chi connectivity index (χ0v) is 12.1. The van der Waals surface area contributed by atoms with Crippen molar-refractivity contribution >= 4 is 33.8 Å². The van der Waals surface area contributed by atoms with E-state index >= 15 is 0 Å². The second-order valence-corrected chi connectivity index (χ2v) is 5.82. The maximum atomic E-state index is 12.2.